The predicted molar refractivity (Wildman–Crippen MR) is 61.7 cm³/mol. The van der Waals surface area contributed by atoms with Crippen LogP contribution in [-0.2, 0) is 14.9 Å². The van der Waals surface area contributed by atoms with E-state index in [1.54, 1.807) is 0 Å². The van der Waals surface area contributed by atoms with Gasteiger partial charge in [-0.3, -0.25) is 4.84 Å². The second kappa shape index (κ2) is 6.48. The van der Waals surface area contributed by atoms with E-state index in [4.69, 9.17) is 5.11 Å². The Labute approximate surface area is 113 Å². The highest BCUT2D eigenvalue weighted by Crippen LogP contribution is 2.28. The van der Waals surface area contributed by atoms with Gasteiger partial charge in [-0.05, 0) is 19.1 Å². The lowest BCUT2D eigenvalue weighted by atomic mass is 10.3. The Kier molecular flexibility index (Phi) is 5.22. The summed E-state index contributed by atoms with van der Waals surface area (Å²) in [6.07, 6.45) is -1.90. The lowest BCUT2D eigenvalue weighted by molar-refractivity contribution is -0.0597. The third kappa shape index (κ3) is 3.54. The van der Waals surface area contributed by atoms with Crippen molar-refractivity contribution in [3.05, 3.63) is 24.3 Å². The van der Waals surface area contributed by atoms with E-state index in [-0.39, 0.29) is 11.1 Å². The van der Waals surface area contributed by atoms with E-state index in [2.05, 4.69) is 9.57 Å². The van der Waals surface area contributed by atoms with Crippen LogP contribution in [-0.4, -0.2) is 37.3 Å². The molecule has 0 saturated carbocycles. The molecule has 0 atom stereocenters. The van der Waals surface area contributed by atoms with Crippen LogP contribution in [0.5, 0.6) is 5.75 Å². The molecule has 1 N–H and O–H groups in total. The number of rotatable bonds is 6. The minimum absolute atomic E-state index is 0.247. The van der Waals surface area contributed by atoms with Crippen molar-refractivity contribution in [1.29, 1.82) is 0 Å². The van der Waals surface area contributed by atoms with Crippen LogP contribution in [0.4, 0.5) is 13.6 Å². The van der Waals surface area contributed by atoms with Crippen molar-refractivity contribution in [3.63, 3.8) is 0 Å². The summed E-state index contributed by atoms with van der Waals surface area (Å²) in [4.78, 5) is 14.6. The summed E-state index contributed by atoms with van der Waals surface area (Å²) in [6, 6.07) is 4.41. The number of hydrogen-bond acceptors (Lipinski definition) is 5. The number of hydrogen-bond donors (Lipinski definition) is 1. The maximum absolute atomic E-state index is 12.2. The van der Waals surface area contributed by atoms with Gasteiger partial charge in [-0.25, -0.2) is 4.79 Å². The molecule has 0 heterocycles. The molecule has 112 valence electrons. The van der Waals surface area contributed by atoms with E-state index in [0.717, 1.165) is 12.1 Å². The van der Waals surface area contributed by atoms with Crippen molar-refractivity contribution < 1.29 is 36.7 Å². The molecule has 0 aromatic heterocycles. The Hall–Kier alpha value is -1.94. The Balaban J connectivity index is 3.30. The van der Waals surface area contributed by atoms with Gasteiger partial charge in [-0.15, -0.1) is 0 Å². The molecular weight excluding hydrogens is 300 g/mol. The fourth-order valence-electron chi connectivity index (χ4n) is 1.29. The van der Waals surface area contributed by atoms with Crippen LogP contribution in [0.1, 0.15) is 6.92 Å². The number of alkyl halides is 2. The molecule has 1 aromatic rings. The number of carboxylic acid groups (broad SMARTS) is 1. The largest absolute Gasteiger partial charge is 0.463 e. The van der Waals surface area contributed by atoms with E-state index < -0.39 is 33.4 Å². The highest BCUT2D eigenvalue weighted by molar-refractivity contribution is 7.89. The highest BCUT2D eigenvalue weighted by Gasteiger charge is 2.33. The van der Waals surface area contributed by atoms with E-state index in [1.807, 2.05) is 0 Å². The fourth-order valence-corrected chi connectivity index (χ4v) is 2.54. The standard InChI is InChI=1S/C10H11F2NO6S/c1-2-18-13(10(14)15)20(16,17)8-6-4-3-5-7(8)19-9(11)12/h3-6,9H,2H2,1H3,(H,14,15). The maximum atomic E-state index is 12.2. The molecule has 0 spiro atoms. The minimum Gasteiger partial charge on any atom is -0.463 e. The molecule has 0 aliphatic carbocycles. The fraction of sp³-hybridized carbons (Fsp3) is 0.300. The van der Waals surface area contributed by atoms with Gasteiger partial charge in [0.05, 0.1) is 6.61 Å². The van der Waals surface area contributed by atoms with Gasteiger partial charge in [-0.2, -0.15) is 17.2 Å². The number of nitrogens with zero attached hydrogens (tertiary/aromatic N) is 1. The molecule has 0 unspecified atom stereocenters. The Morgan fingerprint density at radius 3 is 2.50 bits per heavy atom. The van der Waals surface area contributed by atoms with Crippen LogP contribution in [0.25, 0.3) is 0 Å². The minimum atomic E-state index is -4.69. The average Bonchev–Trinajstić information content (AvgIpc) is 2.35. The number of para-hydroxylation sites is 1. The molecule has 1 amide bonds. The highest BCUT2D eigenvalue weighted by atomic mass is 32.2. The Morgan fingerprint density at radius 1 is 1.40 bits per heavy atom. The number of halogens is 2. The molecule has 7 nitrogen and oxygen atoms in total. The van der Waals surface area contributed by atoms with Gasteiger partial charge in [0, 0.05) is 0 Å². The molecule has 20 heavy (non-hydrogen) atoms. The van der Waals surface area contributed by atoms with Crippen molar-refractivity contribution in [2.24, 2.45) is 0 Å². The van der Waals surface area contributed by atoms with Crippen molar-refractivity contribution in [3.8, 4) is 5.75 Å². The first kappa shape index (κ1) is 16.1. The van der Waals surface area contributed by atoms with Gasteiger partial charge in [0.2, 0.25) is 0 Å². The summed E-state index contributed by atoms with van der Waals surface area (Å²) in [6.45, 7) is -2.13. The SMILES string of the molecule is CCON(C(=O)O)S(=O)(=O)c1ccccc1OC(F)F. The number of benzene rings is 1. The molecule has 0 aliphatic rings. The van der Waals surface area contributed by atoms with E-state index in [9.17, 15) is 22.0 Å². The van der Waals surface area contributed by atoms with Gasteiger partial charge < -0.3 is 9.84 Å². The van der Waals surface area contributed by atoms with Crippen molar-refractivity contribution >= 4 is 16.1 Å². The molecule has 0 bridgehead atoms. The summed E-state index contributed by atoms with van der Waals surface area (Å²) in [5, 5.41) is 8.81. The summed E-state index contributed by atoms with van der Waals surface area (Å²) in [7, 11) is -4.69. The summed E-state index contributed by atoms with van der Waals surface area (Å²) >= 11 is 0. The summed E-state index contributed by atoms with van der Waals surface area (Å²) < 4.78 is 52.3. The molecule has 0 saturated heterocycles. The maximum Gasteiger partial charge on any atom is 0.446 e. The number of carbonyl (C=O) groups is 1. The van der Waals surface area contributed by atoms with Crippen LogP contribution in [0.3, 0.4) is 0 Å². The van der Waals surface area contributed by atoms with Crippen molar-refractivity contribution in [2.45, 2.75) is 18.4 Å². The van der Waals surface area contributed by atoms with Gasteiger partial charge in [0.25, 0.3) is 10.0 Å². The zero-order chi connectivity index (χ0) is 15.3. The van der Waals surface area contributed by atoms with Crippen LogP contribution in [0.2, 0.25) is 0 Å². The molecule has 0 fully saturated rings. The number of hydroxylamine groups is 1. The van der Waals surface area contributed by atoms with Crippen LogP contribution in [0, 0.1) is 0 Å². The average molecular weight is 311 g/mol. The van der Waals surface area contributed by atoms with Crippen LogP contribution >= 0.6 is 0 Å². The topological polar surface area (TPSA) is 93.1 Å². The van der Waals surface area contributed by atoms with E-state index in [1.165, 1.54) is 19.1 Å². The van der Waals surface area contributed by atoms with Crippen LogP contribution in [0.15, 0.2) is 29.2 Å². The summed E-state index contributed by atoms with van der Waals surface area (Å²) in [5.41, 5.74) is 0. The molecule has 10 heteroatoms. The van der Waals surface area contributed by atoms with Gasteiger partial charge in [-0.1, -0.05) is 16.6 Å². The number of amides is 1. The first-order valence-electron chi connectivity index (χ1n) is 5.25. The summed E-state index contributed by atoms with van der Waals surface area (Å²) in [5.74, 6) is -0.673. The molecule has 0 aliphatic heterocycles. The third-order valence-electron chi connectivity index (χ3n) is 1.96. The lowest BCUT2D eigenvalue weighted by Gasteiger charge is -2.19. The molecule has 1 aromatic carbocycles. The first-order valence-corrected chi connectivity index (χ1v) is 6.69. The van der Waals surface area contributed by atoms with Crippen molar-refractivity contribution in [2.75, 3.05) is 6.61 Å². The zero-order valence-electron chi connectivity index (χ0n) is 10.2. The zero-order valence-corrected chi connectivity index (χ0v) is 11.0. The molecule has 0 radical (unpaired) electrons. The Bertz CT molecular complexity index is 577. The number of sulfonamides is 1. The van der Waals surface area contributed by atoms with E-state index in [0.29, 0.717) is 0 Å². The van der Waals surface area contributed by atoms with Gasteiger partial charge in [0.15, 0.2) is 0 Å². The lowest BCUT2D eigenvalue weighted by Crippen LogP contribution is -2.36. The monoisotopic (exact) mass is 311 g/mol. The normalized spacial score (nSPS) is 11.4. The third-order valence-corrected chi connectivity index (χ3v) is 3.56. The van der Waals surface area contributed by atoms with Gasteiger partial charge in [0.1, 0.15) is 10.6 Å². The Morgan fingerprint density at radius 2 is 2.00 bits per heavy atom. The quantitative estimate of drug-likeness (QED) is 0.807. The van der Waals surface area contributed by atoms with Crippen LogP contribution < -0.4 is 4.74 Å². The first-order chi connectivity index (χ1) is 9.30. The number of ether oxygens (including phenoxy) is 1. The van der Waals surface area contributed by atoms with Crippen molar-refractivity contribution in [1.82, 2.24) is 4.47 Å². The second-order valence-corrected chi connectivity index (χ2v) is 4.98. The predicted octanol–water partition coefficient (Wildman–Crippen LogP) is 1.91. The second-order valence-electron chi connectivity index (χ2n) is 3.26. The van der Waals surface area contributed by atoms with E-state index >= 15 is 0 Å². The van der Waals surface area contributed by atoms with Gasteiger partial charge >= 0.3 is 12.7 Å². The molecule has 1 rings (SSSR count). The smallest absolute Gasteiger partial charge is 0.446 e. The molecular formula is C10H11F2NO6S.